The SMILES string of the molecule is Cl.O=C(NC1CCCNC1)C1CCCCN1Cc1ccc(F)cc1. The molecule has 0 radical (unpaired) electrons. The molecular formula is C18H27ClFN3O. The standard InChI is InChI=1S/C18H26FN3O.ClH/c19-15-8-6-14(7-9-15)13-22-11-2-1-5-17(22)18(23)21-16-4-3-10-20-12-16;/h6-9,16-17,20H,1-5,10-13H2,(H,21,23);1H. The lowest BCUT2D eigenvalue weighted by Gasteiger charge is -2.36. The second-order valence-corrected chi connectivity index (χ2v) is 6.66. The van der Waals surface area contributed by atoms with Crippen molar-refractivity contribution in [1.82, 2.24) is 15.5 Å². The zero-order chi connectivity index (χ0) is 16.1. The Kier molecular flexibility index (Phi) is 7.46. The molecule has 1 aromatic rings. The highest BCUT2D eigenvalue weighted by atomic mass is 35.5. The number of likely N-dealkylation sites (tertiary alicyclic amines) is 1. The molecule has 2 heterocycles. The monoisotopic (exact) mass is 355 g/mol. The molecule has 2 atom stereocenters. The summed E-state index contributed by atoms with van der Waals surface area (Å²) in [6.07, 6.45) is 5.31. The van der Waals surface area contributed by atoms with Crippen LogP contribution in [0.2, 0.25) is 0 Å². The third-order valence-electron chi connectivity index (χ3n) is 4.86. The van der Waals surface area contributed by atoms with E-state index in [1.165, 1.54) is 12.1 Å². The fourth-order valence-electron chi connectivity index (χ4n) is 3.57. The molecule has 0 bridgehead atoms. The Bertz CT molecular complexity index is 520. The van der Waals surface area contributed by atoms with Gasteiger partial charge in [0, 0.05) is 19.1 Å². The highest BCUT2D eigenvalue weighted by Gasteiger charge is 2.30. The second kappa shape index (κ2) is 9.35. The summed E-state index contributed by atoms with van der Waals surface area (Å²) < 4.78 is 13.0. The van der Waals surface area contributed by atoms with Gasteiger partial charge >= 0.3 is 0 Å². The summed E-state index contributed by atoms with van der Waals surface area (Å²) in [6.45, 7) is 3.56. The number of rotatable bonds is 4. The predicted molar refractivity (Wildman–Crippen MR) is 95.7 cm³/mol. The molecule has 2 aliphatic heterocycles. The van der Waals surface area contributed by atoms with Crippen LogP contribution in [0.25, 0.3) is 0 Å². The van der Waals surface area contributed by atoms with Gasteiger partial charge in [0.2, 0.25) is 5.91 Å². The fraction of sp³-hybridized carbons (Fsp3) is 0.611. The third kappa shape index (κ3) is 5.16. The van der Waals surface area contributed by atoms with Gasteiger partial charge in [-0.2, -0.15) is 0 Å². The number of benzene rings is 1. The molecule has 2 N–H and O–H groups in total. The van der Waals surface area contributed by atoms with Crippen molar-refractivity contribution in [3.63, 3.8) is 0 Å². The molecule has 0 saturated carbocycles. The van der Waals surface area contributed by atoms with E-state index in [9.17, 15) is 9.18 Å². The normalized spacial score (nSPS) is 24.9. The van der Waals surface area contributed by atoms with Crippen molar-refractivity contribution in [1.29, 1.82) is 0 Å². The quantitative estimate of drug-likeness (QED) is 0.872. The van der Waals surface area contributed by atoms with Gasteiger partial charge in [-0.1, -0.05) is 18.6 Å². The van der Waals surface area contributed by atoms with E-state index in [-0.39, 0.29) is 36.2 Å². The van der Waals surface area contributed by atoms with Gasteiger partial charge in [0.1, 0.15) is 5.82 Å². The topological polar surface area (TPSA) is 44.4 Å². The number of hydrogen-bond donors (Lipinski definition) is 2. The van der Waals surface area contributed by atoms with Gasteiger partial charge in [-0.25, -0.2) is 4.39 Å². The first kappa shape index (κ1) is 19.2. The Morgan fingerprint density at radius 3 is 2.71 bits per heavy atom. The van der Waals surface area contributed by atoms with E-state index in [1.807, 2.05) is 12.1 Å². The molecular weight excluding hydrogens is 329 g/mol. The van der Waals surface area contributed by atoms with Crippen molar-refractivity contribution in [2.45, 2.75) is 50.7 Å². The predicted octanol–water partition coefficient (Wildman–Crippen LogP) is 2.47. The molecule has 1 amide bonds. The maximum absolute atomic E-state index is 13.0. The van der Waals surface area contributed by atoms with Crippen molar-refractivity contribution < 1.29 is 9.18 Å². The molecule has 6 heteroatoms. The van der Waals surface area contributed by atoms with Crippen molar-refractivity contribution in [2.75, 3.05) is 19.6 Å². The molecule has 2 saturated heterocycles. The average molecular weight is 356 g/mol. The summed E-state index contributed by atoms with van der Waals surface area (Å²) in [6, 6.07) is 6.79. The van der Waals surface area contributed by atoms with E-state index in [0.29, 0.717) is 6.54 Å². The molecule has 2 aliphatic rings. The smallest absolute Gasteiger partial charge is 0.237 e. The van der Waals surface area contributed by atoms with E-state index < -0.39 is 0 Å². The van der Waals surface area contributed by atoms with Crippen LogP contribution in [0.15, 0.2) is 24.3 Å². The van der Waals surface area contributed by atoms with Gasteiger partial charge in [0.05, 0.1) is 6.04 Å². The van der Waals surface area contributed by atoms with Crippen molar-refractivity contribution >= 4 is 18.3 Å². The summed E-state index contributed by atoms with van der Waals surface area (Å²) in [4.78, 5) is 14.9. The van der Waals surface area contributed by atoms with Gasteiger partial charge in [-0.3, -0.25) is 9.69 Å². The lowest BCUT2D eigenvalue weighted by molar-refractivity contribution is -0.128. The third-order valence-corrected chi connectivity index (χ3v) is 4.86. The van der Waals surface area contributed by atoms with E-state index in [0.717, 1.165) is 57.3 Å². The molecule has 24 heavy (non-hydrogen) atoms. The molecule has 2 fully saturated rings. The number of nitrogens with zero attached hydrogens (tertiary/aromatic N) is 1. The number of piperidine rings is 2. The minimum absolute atomic E-state index is 0. The lowest BCUT2D eigenvalue weighted by atomic mass is 9.99. The first-order valence-electron chi connectivity index (χ1n) is 8.72. The minimum atomic E-state index is -0.216. The minimum Gasteiger partial charge on any atom is -0.351 e. The van der Waals surface area contributed by atoms with Gasteiger partial charge in [-0.05, 0) is 56.5 Å². The van der Waals surface area contributed by atoms with E-state index in [2.05, 4.69) is 15.5 Å². The van der Waals surface area contributed by atoms with Crippen LogP contribution in [0.3, 0.4) is 0 Å². The molecule has 3 rings (SSSR count). The number of hydrogen-bond acceptors (Lipinski definition) is 3. The number of amides is 1. The molecule has 0 aliphatic carbocycles. The molecule has 134 valence electrons. The zero-order valence-electron chi connectivity index (χ0n) is 14.0. The fourth-order valence-corrected chi connectivity index (χ4v) is 3.57. The summed E-state index contributed by atoms with van der Waals surface area (Å²) in [5.41, 5.74) is 1.06. The van der Waals surface area contributed by atoms with Crippen LogP contribution in [0.4, 0.5) is 4.39 Å². The number of halogens is 2. The maximum atomic E-state index is 13.0. The molecule has 2 unspecified atom stereocenters. The molecule has 0 spiro atoms. The summed E-state index contributed by atoms with van der Waals surface area (Å²) in [7, 11) is 0. The van der Waals surface area contributed by atoms with Crippen LogP contribution >= 0.6 is 12.4 Å². The Hall–Kier alpha value is -1.17. The largest absolute Gasteiger partial charge is 0.351 e. The van der Waals surface area contributed by atoms with Crippen LogP contribution in [0, 0.1) is 5.82 Å². The van der Waals surface area contributed by atoms with Gasteiger partial charge in [-0.15, -0.1) is 12.4 Å². The van der Waals surface area contributed by atoms with Crippen LogP contribution in [-0.2, 0) is 11.3 Å². The van der Waals surface area contributed by atoms with Crippen molar-refractivity contribution in [3.8, 4) is 0 Å². The number of nitrogens with one attached hydrogen (secondary N) is 2. The lowest BCUT2D eigenvalue weighted by Crippen LogP contribution is -2.54. The summed E-state index contributed by atoms with van der Waals surface area (Å²) >= 11 is 0. The Morgan fingerprint density at radius 2 is 2.00 bits per heavy atom. The Morgan fingerprint density at radius 1 is 1.21 bits per heavy atom. The first-order valence-corrected chi connectivity index (χ1v) is 8.72. The first-order chi connectivity index (χ1) is 11.2. The van der Waals surface area contributed by atoms with Crippen molar-refractivity contribution in [2.24, 2.45) is 0 Å². The van der Waals surface area contributed by atoms with Gasteiger partial charge < -0.3 is 10.6 Å². The maximum Gasteiger partial charge on any atom is 0.237 e. The van der Waals surface area contributed by atoms with Crippen molar-refractivity contribution in [3.05, 3.63) is 35.6 Å². The van der Waals surface area contributed by atoms with Crippen LogP contribution < -0.4 is 10.6 Å². The summed E-state index contributed by atoms with van der Waals surface area (Å²) in [5.74, 6) is -0.0630. The van der Waals surface area contributed by atoms with Gasteiger partial charge in [0.15, 0.2) is 0 Å². The molecule has 0 aromatic heterocycles. The van der Waals surface area contributed by atoms with Gasteiger partial charge in [0.25, 0.3) is 0 Å². The molecule has 1 aromatic carbocycles. The Balaban J connectivity index is 0.00000208. The summed E-state index contributed by atoms with van der Waals surface area (Å²) in [5, 5.41) is 6.55. The Labute approximate surface area is 149 Å². The molecule has 4 nitrogen and oxygen atoms in total. The second-order valence-electron chi connectivity index (χ2n) is 6.66. The average Bonchev–Trinajstić information content (AvgIpc) is 2.58. The van der Waals surface area contributed by atoms with E-state index >= 15 is 0 Å². The van der Waals surface area contributed by atoms with Crippen LogP contribution in [0.5, 0.6) is 0 Å². The zero-order valence-corrected chi connectivity index (χ0v) is 14.8. The highest BCUT2D eigenvalue weighted by Crippen LogP contribution is 2.20. The van der Waals surface area contributed by atoms with E-state index in [4.69, 9.17) is 0 Å². The number of carbonyl (C=O) groups excluding carboxylic acids is 1. The number of carbonyl (C=O) groups is 1. The van der Waals surface area contributed by atoms with E-state index in [1.54, 1.807) is 0 Å². The van der Waals surface area contributed by atoms with Crippen LogP contribution in [-0.4, -0.2) is 42.5 Å². The highest BCUT2D eigenvalue weighted by molar-refractivity contribution is 5.85. The van der Waals surface area contributed by atoms with Crippen LogP contribution in [0.1, 0.15) is 37.7 Å².